The molecule has 2 heterocycles. The van der Waals surface area contributed by atoms with Crippen LogP contribution in [0.25, 0.3) is 11.1 Å². The molecule has 1 aliphatic heterocycles. The van der Waals surface area contributed by atoms with Gasteiger partial charge >= 0.3 is 0 Å². The van der Waals surface area contributed by atoms with Crippen molar-refractivity contribution in [2.24, 2.45) is 11.0 Å². The van der Waals surface area contributed by atoms with E-state index >= 15 is 0 Å². The van der Waals surface area contributed by atoms with Crippen molar-refractivity contribution in [3.05, 3.63) is 71.8 Å². The predicted octanol–water partition coefficient (Wildman–Crippen LogP) is 3.86. The molecule has 8 heteroatoms. The molecule has 7 nitrogen and oxygen atoms in total. The fourth-order valence-corrected chi connectivity index (χ4v) is 4.00. The summed E-state index contributed by atoms with van der Waals surface area (Å²) in [6, 6.07) is 12.3. The van der Waals surface area contributed by atoms with Gasteiger partial charge in [-0.3, -0.25) is 9.48 Å². The van der Waals surface area contributed by atoms with Gasteiger partial charge in [-0.1, -0.05) is 23.8 Å². The normalized spacial score (nSPS) is 15.3. The lowest BCUT2D eigenvalue weighted by atomic mass is 10.1. The Balaban J connectivity index is 1.33. The smallest absolute Gasteiger partial charge is 0.256 e. The maximum atomic E-state index is 13.7. The Morgan fingerprint density at radius 3 is 2.73 bits per heavy atom. The third-order valence-electron chi connectivity index (χ3n) is 6.01. The number of anilines is 1. The van der Waals surface area contributed by atoms with Gasteiger partial charge in [0.05, 0.1) is 30.5 Å². The number of hydrogen-bond donors (Lipinski definition) is 1. The first-order valence-electron chi connectivity index (χ1n) is 11.3. The zero-order valence-corrected chi connectivity index (χ0v) is 18.6. The van der Waals surface area contributed by atoms with Crippen LogP contribution in [-0.4, -0.2) is 46.4 Å². The van der Waals surface area contributed by atoms with Crippen molar-refractivity contribution in [1.29, 1.82) is 0 Å². The monoisotopic (exact) mass is 446 g/mol. The molecular formula is C25H27FN6O. The number of aryl methyl sites for hydroxylation is 1. The first kappa shape index (κ1) is 21.3. The van der Waals surface area contributed by atoms with Crippen LogP contribution in [0.3, 0.4) is 0 Å². The molecule has 0 radical (unpaired) electrons. The fraction of sp³-hybridized carbons (Fsp3) is 0.320. The Labute approximate surface area is 192 Å². The number of amides is 1. The molecule has 1 fully saturated rings. The molecule has 0 bridgehead atoms. The lowest BCUT2D eigenvalue weighted by Crippen LogP contribution is -2.37. The maximum Gasteiger partial charge on any atom is 0.256 e. The van der Waals surface area contributed by atoms with Gasteiger partial charge in [0.25, 0.3) is 5.91 Å². The number of carbonyl (C=O) groups is 1. The Morgan fingerprint density at radius 2 is 2.00 bits per heavy atom. The van der Waals surface area contributed by atoms with E-state index in [9.17, 15) is 9.18 Å². The van der Waals surface area contributed by atoms with Crippen molar-refractivity contribution in [2.45, 2.75) is 26.3 Å². The number of benzene rings is 2. The van der Waals surface area contributed by atoms with E-state index in [0.29, 0.717) is 31.1 Å². The molecule has 0 atom stereocenters. The minimum absolute atomic E-state index is 0.00964. The molecule has 0 saturated heterocycles. The second kappa shape index (κ2) is 9.15. The van der Waals surface area contributed by atoms with Crippen LogP contribution in [0.15, 0.2) is 60.0 Å². The van der Waals surface area contributed by atoms with Crippen LogP contribution in [0.4, 0.5) is 10.1 Å². The van der Waals surface area contributed by atoms with Crippen molar-refractivity contribution in [1.82, 2.24) is 20.1 Å². The second-order valence-corrected chi connectivity index (χ2v) is 8.69. The quantitative estimate of drug-likeness (QED) is 0.571. The van der Waals surface area contributed by atoms with Crippen molar-refractivity contribution in [2.75, 3.05) is 24.8 Å². The van der Waals surface area contributed by atoms with Crippen molar-refractivity contribution < 1.29 is 9.18 Å². The first-order chi connectivity index (χ1) is 16.1. The average Bonchev–Trinajstić information content (AvgIpc) is 3.26. The number of hydrazine groups is 1. The third kappa shape index (κ3) is 4.96. The van der Waals surface area contributed by atoms with E-state index in [0.717, 1.165) is 28.9 Å². The topological polar surface area (TPSA) is 65.8 Å². The predicted molar refractivity (Wildman–Crippen MR) is 126 cm³/mol. The lowest BCUT2D eigenvalue weighted by Gasteiger charge is -2.26. The summed E-state index contributed by atoms with van der Waals surface area (Å²) in [6.45, 7) is 4.52. The highest BCUT2D eigenvalue weighted by Crippen LogP contribution is 2.31. The largest absolute Gasteiger partial charge is 0.336 e. The van der Waals surface area contributed by atoms with E-state index in [1.807, 2.05) is 40.9 Å². The number of nitrogens with one attached hydrogen (secondary N) is 1. The number of halogens is 1. The molecule has 2 aromatic carbocycles. The van der Waals surface area contributed by atoms with Gasteiger partial charge < -0.3 is 4.90 Å². The van der Waals surface area contributed by atoms with E-state index in [2.05, 4.69) is 15.6 Å². The molecule has 1 saturated carbocycles. The number of rotatable bonds is 8. The molecule has 1 aromatic heterocycles. The third-order valence-corrected chi connectivity index (χ3v) is 6.01. The average molecular weight is 447 g/mol. The highest BCUT2D eigenvalue weighted by atomic mass is 19.1. The van der Waals surface area contributed by atoms with Gasteiger partial charge in [0, 0.05) is 31.1 Å². The highest BCUT2D eigenvalue weighted by molar-refractivity contribution is 6.00. The summed E-state index contributed by atoms with van der Waals surface area (Å²) >= 11 is 0. The molecule has 170 valence electrons. The van der Waals surface area contributed by atoms with Gasteiger partial charge in [-0.05, 0) is 55.5 Å². The molecule has 0 spiro atoms. The molecule has 33 heavy (non-hydrogen) atoms. The Kier molecular flexibility index (Phi) is 5.92. The molecule has 1 amide bonds. The summed E-state index contributed by atoms with van der Waals surface area (Å²) in [7, 11) is 0. The number of aromatic nitrogens is 2. The summed E-state index contributed by atoms with van der Waals surface area (Å²) in [4.78, 5) is 15.6. The van der Waals surface area contributed by atoms with Crippen LogP contribution in [0.5, 0.6) is 0 Å². The molecule has 5 rings (SSSR count). The number of carbonyl (C=O) groups excluding carboxylic acids is 1. The zero-order valence-electron chi connectivity index (χ0n) is 18.6. The van der Waals surface area contributed by atoms with Gasteiger partial charge in [-0.2, -0.15) is 15.3 Å². The summed E-state index contributed by atoms with van der Waals surface area (Å²) < 4.78 is 15.1. The standard InChI is InChI=1S/C25H27FN6O/c1-18-2-9-24(32-27-10-11-28-32)23(14-18)25(33)30(16-19-3-4-19)12-13-31-17-21(15-29-31)20-5-7-22(26)8-6-20/h2,5-10,14-15,17,19,28H,3-4,11-13,16H2,1H3. The molecule has 1 aliphatic carbocycles. The van der Waals surface area contributed by atoms with Crippen molar-refractivity contribution in [3.8, 4) is 11.1 Å². The van der Waals surface area contributed by atoms with Gasteiger partial charge in [-0.25, -0.2) is 9.82 Å². The molecule has 1 N–H and O–H groups in total. The minimum atomic E-state index is -0.259. The molecule has 2 aliphatic rings. The fourth-order valence-electron chi connectivity index (χ4n) is 4.00. The van der Waals surface area contributed by atoms with Crippen LogP contribution < -0.4 is 10.5 Å². The number of hydrazone groups is 1. The SMILES string of the molecule is Cc1ccc(N2N=CCN2)c(C(=O)N(CCn2cc(-c3ccc(F)cc3)cn2)CC2CC2)c1. The van der Waals surface area contributed by atoms with Gasteiger partial charge in [0.2, 0.25) is 0 Å². The van der Waals surface area contributed by atoms with E-state index in [4.69, 9.17) is 0 Å². The van der Waals surface area contributed by atoms with Crippen molar-refractivity contribution >= 4 is 17.8 Å². The Bertz CT molecular complexity index is 1170. The summed E-state index contributed by atoms with van der Waals surface area (Å²) in [5.74, 6) is 0.318. The number of nitrogens with zero attached hydrogens (tertiary/aromatic N) is 5. The Hall–Kier alpha value is -3.52. The first-order valence-corrected chi connectivity index (χ1v) is 11.3. The van der Waals surface area contributed by atoms with E-state index < -0.39 is 0 Å². The van der Waals surface area contributed by atoms with E-state index in [1.165, 1.54) is 25.0 Å². The van der Waals surface area contributed by atoms with Gasteiger partial charge in [0.15, 0.2) is 0 Å². The van der Waals surface area contributed by atoms with E-state index in [-0.39, 0.29) is 11.7 Å². The van der Waals surface area contributed by atoms with Crippen LogP contribution in [0, 0.1) is 18.7 Å². The number of hydrogen-bond acceptors (Lipinski definition) is 5. The molecular weight excluding hydrogens is 419 g/mol. The second-order valence-electron chi connectivity index (χ2n) is 8.69. The van der Waals surface area contributed by atoms with Crippen LogP contribution in [0.1, 0.15) is 28.8 Å². The minimum Gasteiger partial charge on any atom is -0.336 e. The summed E-state index contributed by atoms with van der Waals surface area (Å²) in [5, 5.41) is 10.5. The van der Waals surface area contributed by atoms with Gasteiger partial charge in [0.1, 0.15) is 5.82 Å². The molecule has 3 aromatic rings. The molecule has 0 unspecified atom stereocenters. The lowest BCUT2D eigenvalue weighted by molar-refractivity contribution is 0.0740. The van der Waals surface area contributed by atoms with E-state index in [1.54, 1.807) is 29.7 Å². The zero-order chi connectivity index (χ0) is 22.8. The van der Waals surface area contributed by atoms with Crippen LogP contribution in [-0.2, 0) is 6.54 Å². The van der Waals surface area contributed by atoms with Crippen molar-refractivity contribution in [3.63, 3.8) is 0 Å². The Morgan fingerprint density at radius 1 is 1.18 bits per heavy atom. The summed E-state index contributed by atoms with van der Waals surface area (Å²) in [5.41, 5.74) is 7.45. The van der Waals surface area contributed by atoms with Crippen LogP contribution >= 0.6 is 0 Å². The van der Waals surface area contributed by atoms with Gasteiger partial charge in [-0.15, -0.1) is 0 Å². The summed E-state index contributed by atoms with van der Waals surface area (Å²) in [6.07, 6.45) is 7.83. The van der Waals surface area contributed by atoms with Crippen LogP contribution in [0.2, 0.25) is 0 Å². The maximum absolute atomic E-state index is 13.7. The highest BCUT2D eigenvalue weighted by Gasteiger charge is 2.29.